The molecule has 0 unspecified atom stereocenters. The second kappa shape index (κ2) is 5.77. The Hall–Kier alpha value is -1.02. The van der Waals surface area contributed by atoms with E-state index in [2.05, 4.69) is 4.72 Å². The van der Waals surface area contributed by atoms with Crippen molar-refractivity contribution in [3.63, 3.8) is 0 Å². The Kier molecular flexibility index (Phi) is 4.43. The molecule has 0 bridgehead atoms. The maximum Gasteiger partial charge on any atom is 0.240 e. The highest BCUT2D eigenvalue weighted by Gasteiger charge is 2.31. The standard InChI is InChI=1S/C13H18FNO4S/c1-10-9-11(14)3-4-12(10)20(16,17)15-6-5-13(2)18-7-8-19-13/h3-4,9,15H,5-8H2,1-2H3. The van der Waals surface area contributed by atoms with Gasteiger partial charge in [-0.3, -0.25) is 0 Å². The van der Waals surface area contributed by atoms with Gasteiger partial charge >= 0.3 is 0 Å². The summed E-state index contributed by atoms with van der Waals surface area (Å²) in [6.45, 7) is 4.55. The van der Waals surface area contributed by atoms with Gasteiger partial charge < -0.3 is 9.47 Å². The number of hydrogen-bond donors (Lipinski definition) is 1. The summed E-state index contributed by atoms with van der Waals surface area (Å²) in [6, 6.07) is 3.59. The van der Waals surface area contributed by atoms with Crippen molar-refractivity contribution < 1.29 is 22.3 Å². The van der Waals surface area contributed by atoms with E-state index in [0.717, 1.165) is 6.07 Å². The van der Waals surface area contributed by atoms with Crippen molar-refractivity contribution in [3.05, 3.63) is 29.6 Å². The van der Waals surface area contributed by atoms with E-state index in [0.29, 0.717) is 25.2 Å². The molecule has 1 N–H and O–H groups in total. The molecule has 112 valence electrons. The molecule has 20 heavy (non-hydrogen) atoms. The molecule has 1 saturated heterocycles. The van der Waals surface area contributed by atoms with Gasteiger partial charge in [0.05, 0.1) is 18.1 Å². The second-order valence-corrected chi connectivity index (χ2v) is 6.62. The van der Waals surface area contributed by atoms with Crippen molar-refractivity contribution in [2.75, 3.05) is 19.8 Å². The van der Waals surface area contributed by atoms with Crippen molar-refractivity contribution in [2.24, 2.45) is 0 Å². The topological polar surface area (TPSA) is 64.6 Å². The fourth-order valence-electron chi connectivity index (χ4n) is 2.11. The van der Waals surface area contributed by atoms with E-state index < -0.39 is 21.6 Å². The van der Waals surface area contributed by atoms with Crippen LogP contribution in [-0.2, 0) is 19.5 Å². The molecular formula is C13H18FNO4S. The molecule has 0 aromatic heterocycles. The third-order valence-electron chi connectivity index (χ3n) is 3.20. The van der Waals surface area contributed by atoms with E-state index in [1.54, 1.807) is 13.8 Å². The van der Waals surface area contributed by atoms with Crippen LogP contribution in [0.5, 0.6) is 0 Å². The zero-order valence-electron chi connectivity index (χ0n) is 11.5. The van der Waals surface area contributed by atoms with Gasteiger partial charge in [-0.1, -0.05) is 0 Å². The maximum atomic E-state index is 13.0. The first-order valence-corrected chi connectivity index (χ1v) is 7.84. The third kappa shape index (κ3) is 3.54. The van der Waals surface area contributed by atoms with Gasteiger partial charge in [0.15, 0.2) is 5.79 Å². The Balaban J connectivity index is 2.00. The molecule has 1 aliphatic heterocycles. The molecule has 0 saturated carbocycles. The van der Waals surface area contributed by atoms with Crippen LogP contribution >= 0.6 is 0 Å². The van der Waals surface area contributed by atoms with Crippen LogP contribution in [0.2, 0.25) is 0 Å². The zero-order chi connectivity index (χ0) is 14.8. The van der Waals surface area contributed by atoms with Crippen molar-refractivity contribution in [2.45, 2.75) is 31.0 Å². The van der Waals surface area contributed by atoms with Gasteiger partial charge in [0, 0.05) is 13.0 Å². The van der Waals surface area contributed by atoms with Crippen LogP contribution in [0.25, 0.3) is 0 Å². The first kappa shape index (κ1) is 15.4. The molecule has 1 fully saturated rings. The Labute approximate surface area is 118 Å². The second-order valence-electron chi connectivity index (χ2n) is 4.89. The van der Waals surface area contributed by atoms with Crippen molar-refractivity contribution in [1.82, 2.24) is 4.72 Å². The van der Waals surface area contributed by atoms with Gasteiger partial charge in [0.2, 0.25) is 10.0 Å². The smallest absolute Gasteiger partial charge is 0.240 e. The Bertz CT molecular complexity index is 582. The minimum atomic E-state index is -3.65. The number of halogens is 1. The van der Waals surface area contributed by atoms with E-state index in [9.17, 15) is 12.8 Å². The summed E-state index contributed by atoms with van der Waals surface area (Å²) in [6.07, 6.45) is 0.409. The SMILES string of the molecule is Cc1cc(F)ccc1S(=O)(=O)NCCC1(C)OCCO1. The van der Waals surface area contributed by atoms with Gasteiger partial charge in [-0.2, -0.15) is 0 Å². The molecule has 2 rings (SSSR count). The largest absolute Gasteiger partial charge is 0.348 e. The number of nitrogens with one attached hydrogen (secondary N) is 1. The average Bonchev–Trinajstić information content (AvgIpc) is 2.75. The number of hydrogen-bond acceptors (Lipinski definition) is 4. The Morgan fingerprint density at radius 1 is 1.35 bits per heavy atom. The molecule has 1 aliphatic rings. The summed E-state index contributed by atoms with van der Waals surface area (Å²) in [5, 5.41) is 0. The highest BCUT2D eigenvalue weighted by atomic mass is 32.2. The number of benzene rings is 1. The zero-order valence-corrected chi connectivity index (χ0v) is 12.3. The molecule has 0 spiro atoms. The first-order chi connectivity index (χ1) is 9.32. The van der Waals surface area contributed by atoms with E-state index in [-0.39, 0.29) is 11.4 Å². The molecule has 7 heteroatoms. The van der Waals surface area contributed by atoms with Gasteiger partial charge in [-0.25, -0.2) is 17.5 Å². The number of sulfonamides is 1. The van der Waals surface area contributed by atoms with Crippen molar-refractivity contribution >= 4 is 10.0 Å². The van der Waals surface area contributed by atoms with E-state index in [1.807, 2.05) is 0 Å². The fourth-order valence-corrected chi connectivity index (χ4v) is 3.36. The summed E-state index contributed by atoms with van der Waals surface area (Å²) >= 11 is 0. The molecule has 1 aromatic carbocycles. The van der Waals surface area contributed by atoms with Crippen LogP contribution in [0, 0.1) is 12.7 Å². The summed E-state index contributed by atoms with van der Waals surface area (Å²) in [5.41, 5.74) is 0.372. The van der Waals surface area contributed by atoms with Crippen molar-refractivity contribution in [3.8, 4) is 0 Å². The van der Waals surface area contributed by atoms with Crippen LogP contribution < -0.4 is 4.72 Å². The highest BCUT2D eigenvalue weighted by Crippen LogP contribution is 2.22. The lowest BCUT2D eigenvalue weighted by atomic mass is 10.2. The molecule has 0 atom stereocenters. The summed E-state index contributed by atoms with van der Waals surface area (Å²) < 4.78 is 50.5. The van der Waals surface area contributed by atoms with Crippen molar-refractivity contribution in [1.29, 1.82) is 0 Å². The lowest BCUT2D eigenvalue weighted by Crippen LogP contribution is -2.33. The molecule has 0 amide bonds. The van der Waals surface area contributed by atoms with Crippen LogP contribution in [0.1, 0.15) is 18.9 Å². The van der Waals surface area contributed by atoms with E-state index >= 15 is 0 Å². The minimum Gasteiger partial charge on any atom is -0.348 e. The summed E-state index contributed by atoms with van der Waals surface area (Å²) in [7, 11) is -3.65. The van der Waals surface area contributed by atoms with Crippen LogP contribution in [0.4, 0.5) is 4.39 Å². The fraction of sp³-hybridized carbons (Fsp3) is 0.538. The van der Waals surface area contributed by atoms with Crippen LogP contribution in [-0.4, -0.2) is 34.0 Å². The number of rotatable bonds is 5. The predicted octanol–water partition coefficient (Wildman–Crippen LogP) is 1.57. The lowest BCUT2D eigenvalue weighted by Gasteiger charge is -2.22. The van der Waals surface area contributed by atoms with Gasteiger partial charge in [0.25, 0.3) is 0 Å². The molecular weight excluding hydrogens is 285 g/mol. The monoisotopic (exact) mass is 303 g/mol. The van der Waals surface area contributed by atoms with Crippen LogP contribution in [0.3, 0.4) is 0 Å². The highest BCUT2D eigenvalue weighted by molar-refractivity contribution is 7.89. The minimum absolute atomic E-state index is 0.0808. The van der Waals surface area contributed by atoms with Gasteiger partial charge in [-0.05, 0) is 37.6 Å². The predicted molar refractivity (Wildman–Crippen MR) is 71.3 cm³/mol. The quantitative estimate of drug-likeness (QED) is 0.896. The number of ether oxygens (including phenoxy) is 2. The summed E-state index contributed by atoms with van der Waals surface area (Å²) in [5.74, 6) is -1.19. The van der Waals surface area contributed by atoms with E-state index in [1.165, 1.54) is 12.1 Å². The Morgan fingerprint density at radius 3 is 2.60 bits per heavy atom. The molecule has 1 heterocycles. The van der Waals surface area contributed by atoms with Crippen LogP contribution in [0.15, 0.2) is 23.1 Å². The van der Waals surface area contributed by atoms with Gasteiger partial charge in [-0.15, -0.1) is 0 Å². The molecule has 5 nitrogen and oxygen atoms in total. The Morgan fingerprint density at radius 2 is 2.00 bits per heavy atom. The normalized spacial score (nSPS) is 18.4. The van der Waals surface area contributed by atoms with Gasteiger partial charge in [0.1, 0.15) is 5.82 Å². The summed E-state index contributed by atoms with van der Waals surface area (Å²) in [4.78, 5) is 0.0808. The lowest BCUT2D eigenvalue weighted by molar-refractivity contribution is -0.145. The first-order valence-electron chi connectivity index (χ1n) is 6.36. The number of aryl methyl sites for hydroxylation is 1. The van der Waals surface area contributed by atoms with E-state index in [4.69, 9.17) is 9.47 Å². The molecule has 0 radical (unpaired) electrons. The molecule has 1 aromatic rings. The average molecular weight is 303 g/mol. The third-order valence-corrected chi connectivity index (χ3v) is 4.82. The molecule has 0 aliphatic carbocycles. The maximum absolute atomic E-state index is 13.0.